The number of rotatable bonds is 4. The third-order valence-corrected chi connectivity index (χ3v) is 10.9. The van der Waals surface area contributed by atoms with E-state index in [9.17, 15) is 0 Å². The lowest BCUT2D eigenvalue weighted by molar-refractivity contribution is 0.612. The van der Waals surface area contributed by atoms with Crippen molar-refractivity contribution in [3.05, 3.63) is 162 Å². The maximum Gasteiger partial charge on any atom is 0.213 e. The van der Waals surface area contributed by atoms with E-state index in [0.717, 1.165) is 50.1 Å². The summed E-state index contributed by atoms with van der Waals surface area (Å²) in [6.45, 7) is 8.93. The monoisotopic (exact) mass is 657 g/mol. The lowest BCUT2D eigenvalue weighted by atomic mass is 9.74. The van der Waals surface area contributed by atoms with E-state index in [1.54, 1.807) is 0 Å². The van der Waals surface area contributed by atoms with Gasteiger partial charge >= 0.3 is 0 Å². The lowest BCUT2D eigenvalue weighted by Crippen LogP contribution is -2.26. The molecule has 0 fully saturated rings. The summed E-state index contributed by atoms with van der Waals surface area (Å²) < 4.78 is 8.93. The molecule has 0 atom stereocenters. The molecule has 0 saturated heterocycles. The van der Waals surface area contributed by atoms with Crippen LogP contribution in [0, 0.1) is 0 Å². The summed E-state index contributed by atoms with van der Waals surface area (Å²) in [7, 11) is 0. The Balaban J connectivity index is 1.16. The fourth-order valence-electron chi connectivity index (χ4n) is 8.38. The number of para-hydroxylation sites is 3. The second-order valence-electron chi connectivity index (χ2n) is 14.2. The summed E-state index contributed by atoms with van der Waals surface area (Å²) in [4.78, 5) is 10.5. The zero-order valence-electron chi connectivity index (χ0n) is 29.0. The van der Waals surface area contributed by atoms with E-state index in [0.29, 0.717) is 5.82 Å². The number of hydrogen-bond acceptors (Lipinski definition) is 3. The minimum atomic E-state index is -0.265. The molecular weight excluding hydrogens is 623 g/mol. The maximum atomic E-state index is 6.60. The Labute approximate surface area is 296 Å². The number of furan rings is 1. The van der Waals surface area contributed by atoms with Crippen LogP contribution in [0.3, 0.4) is 0 Å². The van der Waals surface area contributed by atoms with Gasteiger partial charge < -0.3 is 4.42 Å². The van der Waals surface area contributed by atoms with Crippen LogP contribution < -0.4 is 0 Å². The van der Waals surface area contributed by atoms with Crippen LogP contribution in [-0.4, -0.2) is 14.5 Å². The largest absolute Gasteiger partial charge is 0.439 e. The third-order valence-electron chi connectivity index (χ3n) is 10.9. The van der Waals surface area contributed by atoms with Gasteiger partial charge in [-0.15, -0.1) is 0 Å². The van der Waals surface area contributed by atoms with Crippen LogP contribution in [0.1, 0.15) is 50.1 Å². The van der Waals surface area contributed by atoms with Gasteiger partial charge in [-0.2, -0.15) is 0 Å². The van der Waals surface area contributed by atoms with Crippen molar-refractivity contribution < 1.29 is 4.42 Å². The summed E-state index contributed by atoms with van der Waals surface area (Å²) in [6, 6.07) is 45.1. The van der Waals surface area contributed by atoms with Crippen molar-refractivity contribution in [2.24, 2.45) is 0 Å². The first-order valence-corrected chi connectivity index (χ1v) is 17.6. The van der Waals surface area contributed by atoms with Crippen LogP contribution in [0.25, 0.3) is 82.9 Å². The van der Waals surface area contributed by atoms with Gasteiger partial charge in [0.05, 0.1) is 27.8 Å². The number of benzene rings is 6. The first-order valence-electron chi connectivity index (χ1n) is 17.6. The summed E-state index contributed by atoms with van der Waals surface area (Å²) >= 11 is 0. The molecule has 244 valence electrons. The van der Waals surface area contributed by atoms with Crippen LogP contribution in [0.15, 0.2) is 144 Å². The molecule has 0 spiro atoms. The van der Waals surface area contributed by atoms with Crippen molar-refractivity contribution in [2.45, 2.75) is 33.1 Å². The topological polar surface area (TPSA) is 43.9 Å². The highest BCUT2D eigenvalue weighted by atomic mass is 16.3. The van der Waals surface area contributed by atoms with Crippen molar-refractivity contribution in [3.63, 3.8) is 0 Å². The summed E-state index contributed by atoms with van der Waals surface area (Å²) in [6.07, 6.45) is 4.43. The molecule has 0 aliphatic carbocycles. The average Bonchev–Trinajstić information content (AvgIpc) is 3.70. The second-order valence-corrected chi connectivity index (χ2v) is 14.2. The van der Waals surface area contributed by atoms with Gasteiger partial charge in [0.1, 0.15) is 5.58 Å². The third kappa shape index (κ3) is 4.26. The van der Waals surface area contributed by atoms with E-state index in [1.165, 1.54) is 49.3 Å². The minimum Gasteiger partial charge on any atom is -0.439 e. The molecule has 0 N–H and O–H groups in total. The van der Waals surface area contributed by atoms with Gasteiger partial charge in [-0.3, -0.25) is 4.57 Å². The lowest BCUT2D eigenvalue weighted by Gasteiger charge is -2.34. The summed E-state index contributed by atoms with van der Waals surface area (Å²) in [5.41, 5.74) is 12.7. The highest BCUT2D eigenvalue weighted by Gasteiger charge is 2.36. The van der Waals surface area contributed by atoms with Gasteiger partial charge in [-0.05, 0) is 88.9 Å². The van der Waals surface area contributed by atoms with E-state index < -0.39 is 0 Å². The molecule has 1 aliphatic heterocycles. The highest BCUT2D eigenvalue weighted by Crippen LogP contribution is 2.50. The van der Waals surface area contributed by atoms with Crippen LogP contribution in [0.5, 0.6) is 0 Å². The van der Waals surface area contributed by atoms with Crippen molar-refractivity contribution in [1.29, 1.82) is 0 Å². The van der Waals surface area contributed by atoms with E-state index >= 15 is 0 Å². The van der Waals surface area contributed by atoms with Gasteiger partial charge in [-0.1, -0.05) is 117 Å². The smallest absolute Gasteiger partial charge is 0.213 e. The minimum absolute atomic E-state index is 0.265. The SMILES string of the molecule is C/C=C(\C=C(/C)c1cccc2ccccc12)c1nc(-c2ccc3c(c2)C(C)(C)c2cccc4c5c6ccccc6oc5n-3c24)nc2ccccc12. The van der Waals surface area contributed by atoms with Gasteiger partial charge in [0, 0.05) is 27.1 Å². The van der Waals surface area contributed by atoms with Crippen molar-refractivity contribution in [3.8, 4) is 17.1 Å². The number of allylic oxidation sites excluding steroid dienone is 4. The molecule has 0 radical (unpaired) electrons. The fraction of sp³-hybridized carbons (Fsp3) is 0.106. The second kappa shape index (κ2) is 10.9. The Hall–Kier alpha value is -6.26. The molecule has 10 rings (SSSR count). The Morgan fingerprint density at radius 2 is 1.43 bits per heavy atom. The zero-order chi connectivity index (χ0) is 34.4. The number of nitrogens with zero attached hydrogens (tertiary/aromatic N) is 3. The maximum absolute atomic E-state index is 6.60. The van der Waals surface area contributed by atoms with E-state index in [-0.39, 0.29) is 5.41 Å². The Morgan fingerprint density at radius 3 is 2.29 bits per heavy atom. The number of hydrogen-bond donors (Lipinski definition) is 0. The Morgan fingerprint density at radius 1 is 0.706 bits per heavy atom. The molecule has 3 aromatic heterocycles. The molecule has 9 aromatic rings. The molecular formula is C47H35N3O. The molecule has 51 heavy (non-hydrogen) atoms. The predicted octanol–water partition coefficient (Wildman–Crippen LogP) is 12.4. The van der Waals surface area contributed by atoms with Crippen molar-refractivity contribution >= 4 is 65.8 Å². The zero-order valence-corrected chi connectivity index (χ0v) is 29.0. The highest BCUT2D eigenvalue weighted by molar-refractivity contribution is 6.21. The molecule has 4 heterocycles. The molecule has 4 heteroatoms. The van der Waals surface area contributed by atoms with Gasteiger partial charge in [0.15, 0.2) is 5.82 Å². The summed E-state index contributed by atoms with van der Waals surface area (Å²) in [5, 5.41) is 7.06. The fourth-order valence-corrected chi connectivity index (χ4v) is 8.38. The molecule has 0 bridgehead atoms. The molecule has 0 unspecified atom stereocenters. The Kier molecular flexibility index (Phi) is 6.32. The van der Waals surface area contributed by atoms with Gasteiger partial charge in [-0.25, -0.2) is 9.97 Å². The standard InChI is InChI=1S/C47H35N3O/c1-5-29(26-28(2)32-19-12-15-30-14-6-7-16-33(30)32)43-34-17-8-10-22-39(34)48-45(49-43)31-24-25-40-38(27-31)47(3,4)37-21-13-20-36-42-35-18-9-11-23-41(35)51-46(42)50(40)44(36)37/h5-27H,1-4H3/b28-26+,29-5+. The first-order chi connectivity index (χ1) is 24.9. The molecule has 4 nitrogen and oxygen atoms in total. The molecule has 0 saturated carbocycles. The normalized spacial score (nSPS) is 14.3. The van der Waals surface area contributed by atoms with Crippen molar-refractivity contribution in [1.82, 2.24) is 14.5 Å². The van der Waals surface area contributed by atoms with Gasteiger partial charge in [0.2, 0.25) is 5.71 Å². The molecule has 6 aromatic carbocycles. The predicted molar refractivity (Wildman–Crippen MR) is 212 cm³/mol. The van der Waals surface area contributed by atoms with Gasteiger partial charge in [0.25, 0.3) is 0 Å². The molecule has 0 amide bonds. The Bertz CT molecular complexity index is 2960. The van der Waals surface area contributed by atoms with E-state index in [1.807, 2.05) is 6.07 Å². The van der Waals surface area contributed by atoms with Crippen LogP contribution in [0.2, 0.25) is 0 Å². The number of aromatic nitrogens is 3. The van der Waals surface area contributed by atoms with E-state index in [4.69, 9.17) is 14.4 Å². The first kappa shape index (κ1) is 29.6. The van der Waals surface area contributed by atoms with Crippen LogP contribution >= 0.6 is 0 Å². The van der Waals surface area contributed by atoms with Crippen molar-refractivity contribution in [2.75, 3.05) is 0 Å². The quantitative estimate of drug-likeness (QED) is 0.177. The van der Waals surface area contributed by atoms with Crippen LogP contribution in [-0.2, 0) is 5.41 Å². The number of fused-ring (bicyclic) bond motifs is 9. The summed E-state index contributed by atoms with van der Waals surface area (Å²) in [5.74, 6) is 0.711. The molecule has 1 aliphatic rings. The van der Waals surface area contributed by atoms with E-state index in [2.05, 4.69) is 166 Å². The average molecular weight is 658 g/mol. The van der Waals surface area contributed by atoms with Crippen LogP contribution in [0.4, 0.5) is 0 Å².